The van der Waals surface area contributed by atoms with E-state index >= 15 is 0 Å². The van der Waals surface area contributed by atoms with Crippen LogP contribution in [-0.2, 0) is 11.4 Å². The molecular formula is C17H19NO3. The van der Waals surface area contributed by atoms with Crippen LogP contribution in [-0.4, -0.2) is 31.5 Å². The first-order valence-corrected chi connectivity index (χ1v) is 6.75. The standard InChI is InChI=1S/C17H19NO3/c1-18(2)17(19)13-21-16-10-8-15(9-11-16)20-12-14-6-4-3-5-7-14/h3-11H,12-13H2,1-2H3. The van der Waals surface area contributed by atoms with Gasteiger partial charge in [0.05, 0.1) is 0 Å². The SMILES string of the molecule is CN(C)C(=O)COc1ccc(OCc2ccccc2)cc1. The largest absolute Gasteiger partial charge is 0.489 e. The lowest BCUT2D eigenvalue weighted by Crippen LogP contribution is -2.27. The molecule has 2 rings (SSSR count). The molecule has 0 aliphatic rings. The van der Waals surface area contributed by atoms with E-state index in [1.807, 2.05) is 42.5 Å². The minimum Gasteiger partial charge on any atom is -0.489 e. The molecule has 0 N–H and O–H groups in total. The third-order valence-corrected chi connectivity index (χ3v) is 2.93. The van der Waals surface area contributed by atoms with Crippen LogP contribution in [0.25, 0.3) is 0 Å². The number of carbonyl (C=O) groups excluding carboxylic acids is 1. The summed E-state index contributed by atoms with van der Waals surface area (Å²) in [6.07, 6.45) is 0. The molecule has 0 aromatic heterocycles. The normalized spacial score (nSPS) is 10.0. The number of rotatable bonds is 6. The van der Waals surface area contributed by atoms with Crippen LogP contribution in [0.5, 0.6) is 11.5 Å². The summed E-state index contributed by atoms with van der Waals surface area (Å²) in [5.74, 6) is 1.35. The lowest BCUT2D eigenvalue weighted by molar-refractivity contribution is -0.130. The summed E-state index contributed by atoms with van der Waals surface area (Å²) < 4.78 is 11.1. The number of hydrogen-bond donors (Lipinski definition) is 0. The molecule has 0 aliphatic heterocycles. The van der Waals surface area contributed by atoms with E-state index in [1.54, 1.807) is 26.2 Å². The van der Waals surface area contributed by atoms with E-state index < -0.39 is 0 Å². The molecule has 0 atom stereocenters. The second kappa shape index (κ2) is 7.33. The summed E-state index contributed by atoms with van der Waals surface area (Å²) in [4.78, 5) is 12.9. The molecular weight excluding hydrogens is 266 g/mol. The van der Waals surface area contributed by atoms with Gasteiger partial charge in [0.15, 0.2) is 6.61 Å². The molecule has 0 fully saturated rings. The fourth-order valence-corrected chi connectivity index (χ4v) is 1.65. The lowest BCUT2D eigenvalue weighted by atomic mass is 10.2. The van der Waals surface area contributed by atoms with Crippen LogP contribution in [0.15, 0.2) is 54.6 Å². The number of amides is 1. The van der Waals surface area contributed by atoms with Crippen LogP contribution in [0.2, 0.25) is 0 Å². The van der Waals surface area contributed by atoms with Crippen LogP contribution < -0.4 is 9.47 Å². The third kappa shape index (κ3) is 4.84. The Labute approximate surface area is 124 Å². The Balaban J connectivity index is 1.83. The predicted molar refractivity (Wildman–Crippen MR) is 81.4 cm³/mol. The smallest absolute Gasteiger partial charge is 0.259 e. The van der Waals surface area contributed by atoms with Gasteiger partial charge in [0.25, 0.3) is 5.91 Å². The topological polar surface area (TPSA) is 38.8 Å². The molecule has 0 bridgehead atoms. The van der Waals surface area contributed by atoms with Crippen molar-refractivity contribution >= 4 is 5.91 Å². The van der Waals surface area contributed by atoms with Crippen molar-refractivity contribution < 1.29 is 14.3 Å². The molecule has 0 saturated heterocycles. The predicted octanol–water partition coefficient (Wildman–Crippen LogP) is 2.73. The molecule has 110 valence electrons. The molecule has 2 aromatic rings. The summed E-state index contributed by atoms with van der Waals surface area (Å²) in [5.41, 5.74) is 1.12. The van der Waals surface area contributed by atoms with Crippen molar-refractivity contribution in [3.8, 4) is 11.5 Å². The maximum absolute atomic E-state index is 11.4. The molecule has 0 heterocycles. The summed E-state index contributed by atoms with van der Waals surface area (Å²) in [6.45, 7) is 0.567. The molecule has 0 spiro atoms. The summed E-state index contributed by atoms with van der Waals surface area (Å²) in [5, 5.41) is 0. The molecule has 1 amide bonds. The Morgan fingerprint density at radius 2 is 1.48 bits per heavy atom. The van der Waals surface area contributed by atoms with Gasteiger partial charge in [-0.05, 0) is 29.8 Å². The minimum atomic E-state index is -0.0700. The Morgan fingerprint density at radius 1 is 0.905 bits per heavy atom. The zero-order chi connectivity index (χ0) is 15.1. The number of hydrogen-bond acceptors (Lipinski definition) is 3. The van der Waals surface area contributed by atoms with Gasteiger partial charge in [0.1, 0.15) is 18.1 Å². The van der Waals surface area contributed by atoms with Crippen molar-refractivity contribution in [3.05, 3.63) is 60.2 Å². The van der Waals surface area contributed by atoms with E-state index in [0.717, 1.165) is 11.3 Å². The number of likely N-dealkylation sites (N-methyl/N-ethyl adjacent to an activating group) is 1. The van der Waals surface area contributed by atoms with Crippen LogP contribution in [0, 0.1) is 0 Å². The Bertz CT molecular complexity index is 564. The minimum absolute atomic E-state index is 0.0389. The first-order chi connectivity index (χ1) is 10.1. The molecule has 21 heavy (non-hydrogen) atoms. The maximum atomic E-state index is 11.4. The van der Waals surface area contributed by atoms with Crippen LogP contribution in [0.3, 0.4) is 0 Å². The van der Waals surface area contributed by atoms with E-state index in [2.05, 4.69) is 0 Å². The lowest BCUT2D eigenvalue weighted by Gasteiger charge is -2.12. The first kappa shape index (κ1) is 14.9. The second-order valence-electron chi connectivity index (χ2n) is 4.82. The van der Waals surface area contributed by atoms with Crippen molar-refractivity contribution in [2.75, 3.05) is 20.7 Å². The molecule has 0 unspecified atom stereocenters. The number of ether oxygens (including phenoxy) is 2. The van der Waals surface area contributed by atoms with E-state index in [0.29, 0.717) is 12.4 Å². The number of carbonyl (C=O) groups is 1. The average Bonchev–Trinajstić information content (AvgIpc) is 2.52. The van der Waals surface area contributed by atoms with Gasteiger partial charge < -0.3 is 14.4 Å². The quantitative estimate of drug-likeness (QED) is 0.819. The van der Waals surface area contributed by atoms with Gasteiger partial charge in [-0.25, -0.2) is 0 Å². The summed E-state index contributed by atoms with van der Waals surface area (Å²) >= 11 is 0. The molecule has 0 radical (unpaired) electrons. The van der Waals surface area contributed by atoms with Gasteiger partial charge >= 0.3 is 0 Å². The van der Waals surface area contributed by atoms with Gasteiger partial charge in [0.2, 0.25) is 0 Å². The maximum Gasteiger partial charge on any atom is 0.259 e. The number of benzene rings is 2. The van der Waals surface area contributed by atoms with Crippen molar-refractivity contribution in [2.45, 2.75) is 6.61 Å². The first-order valence-electron chi connectivity index (χ1n) is 6.75. The van der Waals surface area contributed by atoms with Crippen molar-refractivity contribution in [2.24, 2.45) is 0 Å². The highest BCUT2D eigenvalue weighted by molar-refractivity contribution is 5.77. The van der Waals surface area contributed by atoms with Crippen LogP contribution in [0.4, 0.5) is 0 Å². The van der Waals surface area contributed by atoms with Gasteiger partial charge in [0, 0.05) is 14.1 Å². The fourth-order valence-electron chi connectivity index (χ4n) is 1.65. The van der Waals surface area contributed by atoms with Crippen molar-refractivity contribution in [1.29, 1.82) is 0 Å². The van der Waals surface area contributed by atoms with Gasteiger partial charge in [-0.1, -0.05) is 30.3 Å². The Hall–Kier alpha value is -2.49. The van der Waals surface area contributed by atoms with E-state index in [9.17, 15) is 4.79 Å². The van der Waals surface area contributed by atoms with Crippen molar-refractivity contribution in [1.82, 2.24) is 4.90 Å². The molecule has 4 nitrogen and oxygen atoms in total. The van der Waals surface area contributed by atoms with Crippen LogP contribution in [0.1, 0.15) is 5.56 Å². The monoisotopic (exact) mass is 285 g/mol. The molecule has 2 aromatic carbocycles. The Morgan fingerprint density at radius 3 is 2.05 bits per heavy atom. The second-order valence-corrected chi connectivity index (χ2v) is 4.82. The molecule has 4 heteroatoms. The third-order valence-electron chi connectivity index (χ3n) is 2.93. The summed E-state index contributed by atoms with van der Waals surface area (Å²) in [6, 6.07) is 17.2. The highest BCUT2D eigenvalue weighted by atomic mass is 16.5. The highest BCUT2D eigenvalue weighted by Gasteiger charge is 2.04. The van der Waals surface area contributed by atoms with E-state index in [4.69, 9.17) is 9.47 Å². The van der Waals surface area contributed by atoms with Crippen LogP contribution >= 0.6 is 0 Å². The highest BCUT2D eigenvalue weighted by Crippen LogP contribution is 2.18. The van der Waals surface area contributed by atoms with Gasteiger partial charge in [-0.2, -0.15) is 0 Å². The summed E-state index contributed by atoms with van der Waals surface area (Å²) in [7, 11) is 3.40. The average molecular weight is 285 g/mol. The van der Waals surface area contributed by atoms with Crippen molar-refractivity contribution in [3.63, 3.8) is 0 Å². The number of nitrogens with zero attached hydrogens (tertiary/aromatic N) is 1. The van der Waals surface area contributed by atoms with Gasteiger partial charge in [-0.15, -0.1) is 0 Å². The zero-order valence-corrected chi connectivity index (χ0v) is 12.3. The van der Waals surface area contributed by atoms with E-state index in [-0.39, 0.29) is 12.5 Å². The Kier molecular flexibility index (Phi) is 5.21. The molecule has 0 saturated carbocycles. The zero-order valence-electron chi connectivity index (χ0n) is 12.3. The van der Waals surface area contributed by atoms with E-state index in [1.165, 1.54) is 4.90 Å². The molecule has 0 aliphatic carbocycles. The van der Waals surface area contributed by atoms with Gasteiger partial charge in [-0.3, -0.25) is 4.79 Å². The fraction of sp³-hybridized carbons (Fsp3) is 0.235.